The summed E-state index contributed by atoms with van der Waals surface area (Å²) in [6.07, 6.45) is 3.62. The molecule has 0 saturated carbocycles. The minimum atomic E-state index is -2.07. The molecule has 1 aliphatic rings. The normalized spacial score (nSPS) is 16.3. The second-order valence-corrected chi connectivity index (χ2v) is 11.2. The number of benzene rings is 3. The van der Waals surface area contributed by atoms with E-state index in [-0.39, 0.29) is 0 Å². The zero-order valence-corrected chi connectivity index (χ0v) is 16.2. The van der Waals surface area contributed by atoms with Crippen molar-refractivity contribution in [2.75, 3.05) is 19.4 Å². The molecule has 134 valence electrons. The molecular weight excluding hydrogens is 335 g/mol. The molecule has 1 heterocycles. The molecule has 0 aromatic heterocycles. The number of hydrogen-bond acceptors (Lipinski definition) is 1. The topological polar surface area (TPSA) is 9.23 Å². The number of hydrogen-bond donors (Lipinski definition) is 0. The van der Waals surface area contributed by atoms with Crippen molar-refractivity contribution in [1.82, 2.24) is 0 Å². The van der Waals surface area contributed by atoms with Crippen LogP contribution in [0.4, 0.5) is 0 Å². The summed E-state index contributed by atoms with van der Waals surface area (Å²) in [5.74, 6) is 0.732. The van der Waals surface area contributed by atoms with Gasteiger partial charge in [0.2, 0.25) is 0 Å². The van der Waals surface area contributed by atoms with Gasteiger partial charge in [0.25, 0.3) is 0 Å². The zero-order valence-electron chi connectivity index (χ0n) is 15.2. The van der Waals surface area contributed by atoms with Crippen LogP contribution in [0.1, 0.15) is 12.8 Å². The Bertz CT molecular complexity index is 699. The van der Waals surface area contributed by atoms with Gasteiger partial charge in [-0.15, -0.1) is 0 Å². The fourth-order valence-corrected chi connectivity index (χ4v) is 9.67. The van der Waals surface area contributed by atoms with E-state index in [1.807, 2.05) is 0 Å². The molecule has 2 heteroatoms. The first-order chi connectivity index (χ1) is 12.9. The van der Waals surface area contributed by atoms with Crippen molar-refractivity contribution >= 4 is 23.2 Å². The van der Waals surface area contributed by atoms with Gasteiger partial charge in [-0.25, -0.2) is 0 Å². The fourth-order valence-electron chi connectivity index (χ4n) is 4.41. The molecule has 0 amide bonds. The Kier molecular flexibility index (Phi) is 5.48. The van der Waals surface area contributed by atoms with E-state index in [1.54, 1.807) is 0 Å². The molecule has 4 rings (SSSR count). The third kappa shape index (κ3) is 3.47. The zero-order chi connectivity index (χ0) is 17.7. The predicted molar refractivity (Wildman–Crippen MR) is 115 cm³/mol. The van der Waals surface area contributed by atoms with Crippen molar-refractivity contribution < 1.29 is 4.74 Å². The molecule has 0 aliphatic carbocycles. The summed E-state index contributed by atoms with van der Waals surface area (Å²) in [7, 11) is -2.07. The summed E-state index contributed by atoms with van der Waals surface area (Å²) in [6, 6.07) is 33.7. The second kappa shape index (κ2) is 8.16. The van der Waals surface area contributed by atoms with Crippen molar-refractivity contribution in [3.8, 4) is 0 Å². The third-order valence-electron chi connectivity index (χ3n) is 5.74. The number of ether oxygens (including phenoxy) is 1. The van der Waals surface area contributed by atoms with Crippen molar-refractivity contribution in [3.63, 3.8) is 0 Å². The first-order valence-corrected chi connectivity index (χ1v) is 11.8. The average Bonchev–Trinajstić information content (AvgIpc) is 2.75. The van der Waals surface area contributed by atoms with Gasteiger partial charge in [0.05, 0.1) is 0 Å². The van der Waals surface area contributed by atoms with Gasteiger partial charge in [0.15, 0.2) is 0 Å². The van der Waals surface area contributed by atoms with Crippen LogP contribution in [0.3, 0.4) is 0 Å². The Balaban J connectivity index is 1.90. The fraction of sp³-hybridized carbons (Fsp3) is 0.250. The molecule has 0 spiro atoms. The van der Waals surface area contributed by atoms with Crippen molar-refractivity contribution in [2.24, 2.45) is 5.92 Å². The molecular formula is C24H27OP. The summed E-state index contributed by atoms with van der Waals surface area (Å²) >= 11 is 0. The van der Waals surface area contributed by atoms with Gasteiger partial charge in [-0.05, 0) is 0 Å². The van der Waals surface area contributed by atoms with Gasteiger partial charge in [-0.1, -0.05) is 0 Å². The van der Waals surface area contributed by atoms with E-state index >= 15 is 0 Å². The van der Waals surface area contributed by atoms with Crippen LogP contribution in [-0.4, -0.2) is 19.4 Å². The van der Waals surface area contributed by atoms with E-state index < -0.39 is 7.26 Å². The summed E-state index contributed by atoms with van der Waals surface area (Å²) in [5.41, 5.74) is 0. The Hall–Kier alpha value is -1.95. The van der Waals surface area contributed by atoms with Gasteiger partial charge >= 0.3 is 157 Å². The molecule has 26 heavy (non-hydrogen) atoms. The maximum absolute atomic E-state index is 5.65. The van der Waals surface area contributed by atoms with Gasteiger partial charge in [0.1, 0.15) is 0 Å². The van der Waals surface area contributed by atoms with Gasteiger partial charge in [0, 0.05) is 0 Å². The van der Waals surface area contributed by atoms with E-state index in [2.05, 4.69) is 91.0 Å². The molecule has 3 aromatic rings. The standard InChI is InChI=1S/C24H27OP/c1-4-10-22(11-5-1)26(23-12-6-2-7-13-23,24-14-8-3-9-15-24)20-21-16-18-25-19-17-21/h1-15,21,26H,16-20H2. The van der Waals surface area contributed by atoms with Gasteiger partial charge in [-0.2, -0.15) is 0 Å². The van der Waals surface area contributed by atoms with E-state index in [0.717, 1.165) is 19.1 Å². The third-order valence-corrected chi connectivity index (χ3v) is 10.9. The molecule has 0 unspecified atom stereocenters. The van der Waals surface area contributed by atoms with E-state index in [1.165, 1.54) is 34.9 Å². The number of rotatable bonds is 5. The van der Waals surface area contributed by atoms with Crippen molar-refractivity contribution in [1.29, 1.82) is 0 Å². The maximum atomic E-state index is 5.65. The van der Waals surface area contributed by atoms with Crippen LogP contribution in [0.5, 0.6) is 0 Å². The molecule has 0 bridgehead atoms. The molecule has 0 atom stereocenters. The minimum absolute atomic E-state index is 0.732. The van der Waals surface area contributed by atoms with Crippen LogP contribution in [0.2, 0.25) is 0 Å². The quantitative estimate of drug-likeness (QED) is 0.620. The van der Waals surface area contributed by atoms with Crippen LogP contribution in [0.25, 0.3) is 0 Å². The summed E-state index contributed by atoms with van der Waals surface area (Å²) in [5, 5.41) is 4.55. The molecule has 1 saturated heterocycles. The molecule has 1 aliphatic heterocycles. The second-order valence-electron chi connectivity index (χ2n) is 7.26. The van der Waals surface area contributed by atoms with Gasteiger partial charge in [-0.3, -0.25) is 0 Å². The van der Waals surface area contributed by atoms with Crippen LogP contribution >= 0.6 is 7.26 Å². The van der Waals surface area contributed by atoms with Crippen molar-refractivity contribution in [3.05, 3.63) is 91.0 Å². The Labute approximate surface area is 157 Å². The average molecular weight is 362 g/mol. The molecule has 1 fully saturated rings. The summed E-state index contributed by atoms with van der Waals surface area (Å²) in [6.45, 7) is 1.82. The Morgan fingerprint density at radius 3 is 1.38 bits per heavy atom. The summed E-state index contributed by atoms with van der Waals surface area (Å²) < 4.78 is 5.65. The summed E-state index contributed by atoms with van der Waals surface area (Å²) in [4.78, 5) is 0. The van der Waals surface area contributed by atoms with Crippen LogP contribution in [0.15, 0.2) is 91.0 Å². The first kappa shape index (κ1) is 17.5. The van der Waals surface area contributed by atoms with E-state index in [4.69, 9.17) is 4.74 Å². The van der Waals surface area contributed by atoms with Crippen LogP contribution < -0.4 is 15.9 Å². The monoisotopic (exact) mass is 362 g/mol. The van der Waals surface area contributed by atoms with Crippen molar-refractivity contribution in [2.45, 2.75) is 12.8 Å². The van der Waals surface area contributed by atoms with Crippen LogP contribution in [0, 0.1) is 5.92 Å². The molecule has 3 aromatic carbocycles. The molecule has 0 radical (unpaired) electrons. The van der Waals surface area contributed by atoms with Gasteiger partial charge < -0.3 is 0 Å². The molecule has 0 N–H and O–H groups in total. The predicted octanol–water partition coefficient (Wildman–Crippen LogP) is 4.14. The van der Waals surface area contributed by atoms with E-state index in [9.17, 15) is 0 Å². The Morgan fingerprint density at radius 1 is 0.615 bits per heavy atom. The SMILES string of the molecule is c1ccc([PH](CC2CCOCC2)(c2ccccc2)c2ccccc2)cc1. The van der Waals surface area contributed by atoms with Crippen LogP contribution in [-0.2, 0) is 4.74 Å². The van der Waals surface area contributed by atoms with E-state index in [0.29, 0.717) is 0 Å². The first-order valence-electron chi connectivity index (χ1n) is 9.64. The molecule has 1 nitrogen and oxygen atoms in total. The Morgan fingerprint density at radius 2 is 1.00 bits per heavy atom.